The van der Waals surface area contributed by atoms with Crippen LogP contribution in [0.25, 0.3) is 0 Å². The predicted molar refractivity (Wildman–Crippen MR) is 57.8 cm³/mol. The average Bonchev–Trinajstić information content (AvgIpc) is 2.17. The predicted octanol–water partition coefficient (Wildman–Crippen LogP) is 1.28. The molecule has 0 spiro atoms. The van der Waals surface area contributed by atoms with Crippen LogP contribution in [0.2, 0.25) is 0 Å². The number of carbonyl (C=O) groups excluding carboxylic acids is 1. The molecule has 1 aromatic rings. The summed E-state index contributed by atoms with van der Waals surface area (Å²) in [6, 6.07) is 4.48. The Balaban J connectivity index is 3.00. The molecule has 1 aromatic carbocycles. The van der Waals surface area contributed by atoms with Gasteiger partial charge in [-0.25, -0.2) is 0 Å². The fraction of sp³-hybridized carbons (Fsp3) is 0.300. The minimum atomic E-state index is -0.593. The monoisotopic (exact) mass is 224 g/mol. The van der Waals surface area contributed by atoms with E-state index in [2.05, 4.69) is 0 Å². The van der Waals surface area contributed by atoms with Crippen molar-refractivity contribution in [3.63, 3.8) is 0 Å². The number of hydrogen-bond donors (Lipinski definition) is 1. The van der Waals surface area contributed by atoms with Gasteiger partial charge in [0.2, 0.25) is 0 Å². The van der Waals surface area contributed by atoms with Gasteiger partial charge in [-0.15, -0.1) is 0 Å². The molecule has 0 saturated carbocycles. The summed E-state index contributed by atoms with van der Waals surface area (Å²) in [6.45, 7) is 1.92. The quantitative estimate of drug-likeness (QED) is 0.359. The Hall–Kier alpha value is -2.11. The summed E-state index contributed by atoms with van der Waals surface area (Å²) in [5.74, 6) is -0.504. The largest absolute Gasteiger partial charge is 0.466 e. The highest BCUT2D eigenvalue weighted by Gasteiger charge is 2.19. The van der Waals surface area contributed by atoms with Crippen LogP contribution in [0.5, 0.6) is 0 Å². The van der Waals surface area contributed by atoms with Crippen molar-refractivity contribution in [1.82, 2.24) is 0 Å². The first-order valence-corrected chi connectivity index (χ1v) is 4.73. The zero-order valence-electron chi connectivity index (χ0n) is 8.80. The molecule has 1 rings (SSSR count). The number of nitro benzene ring substituents is 1. The van der Waals surface area contributed by atoms with Gasteiger partial charge in [0.25, 0.3) is 5.69 Å². The van der Waals surface area contributed by atoms with Crippen LogP contribution in [0, 0.1) is 10.1 Å². The van der Waals surface area contributed by atoms with Crippen molar-refractivity contribution in [3.05, 3.63) is 33.9 Å². The van der Waals surface area contributed by atoms with Gasteiger partial charge >= 0.3 is 5.97 Å². The van der Waals surface area contributed by atoms with Crippen LogP contribution >= 0.6 is 0 Å². The summed E-state index contributed by atoms with van der Waals surface area (Å²) >= 11 is 0. The molecule has 0 saturated heterocycles. The smallest absolute Gasteiger partial charge is 0.310 e. The van der Waals surface area contributed by atoms with Crippen LogP contribution in [-0.4, -0.2) is 17.5 Å². The maximum absolute atomic E-state index is 11.2. The second-order valence-corrected chi connectivity index (χ2v) is 3.09. The molecule has 0 atom stereocenters. The number of nitrogens with two attached hydrogens (primary N) is 1. The normalized spacial score (nSPS) is 9.81. The van der Waals surface area contributed by atoms with Gasteiger partial charge in [-0.2, -0.15) is 0 Å². The number of carbonyl (C=O) groups is 1. The highest BCUT2D eigenvalue weighted by atomic mass is 16.6. The molecule has 86 valence electrons. The van der Waals surface area contributed by atoms with Crippen molar-refractivity contribution in [2.24, 2.45) is 0 Å². The lowest BCUT2D eigenvalue weighted by molar-refractivity contribution is -0.384. The number of rotatable bonds is 4. The van der Waals surface area contributed by atoms with E-state index in [0.717, 1.165) is 0 Å². The summed E-state index contributed by atoms with van der Waals surface area (Å²) < 4.78 is 4.72. The van der Waals surface area contributed by atoms with Crippen molar-refractivity contribution in [2.45, 2.75) is 13.3 Å². The summed E-state index contributed by atoms with van der Waals surface area (Å²) in [5, 5.41) is 10.8. The Morgan fingerprint density at radius 2 is 2.25 bits per heavy atom. The van der Waals surface area contributed by atoms with Gasteiger partial charge in [-0.1, -0.05) is 12.1 Å². The molecule has 0 unspecified atom stereocenters. The van der Waals surface area contributed by atoms with Gasteiger partial charge in [0.1, 0.15) is 5.69 Å². The maximum Gasteiger partial charge on any atom is 0.310 e. The Morgan fingerprint density at radius 1 is 1.56 bits per heavy atom. The molecular formula is C10H12N2O4. The Bertz CT molecular complexity index is 417. The second-order valence-electron chi connectivity index (χ2n) is 3.09. The van der Waals surface area contributed by atoms with E-state index in [1.54, 1.807) is 13.0 Å². The number of benzene rings is 1. The number of nitro groups is 1. The number of para-hydroxylation sites is 1. The van der Waals surface area contributed by atoms with Crippen LogP contribution < -0.4 is 5.73 Å². The molecule has 6 nitrogen and oxygen atoms in total. The highest BCUT2D eigenvalue weighted by Crippen LogP contribution is 2.26. The second kappa shape index (κ2) is 5.11. The molecule has 0 heterocycles. The molecule has 0 radical (unpaired) electrons. The molecule has 6 heteroatoms. The number of ether oxygens (including phenoxy) is 1. The van der Waals surface area contributed by atoms with Crippen molar-refractivity contribution < 1.29 is 14.5 Å². The highest BCUT2D eigenvalue weighted by molar-refractivity contribution is 5.76. The summed E-state index contributed by atoms with van der Waals surface area (Å²) in [5.41, 5.74) is 5.57. The molecule has 0 aliphatic carbocycles. The number of hydrogen-bond acceptors (Lipinski definition) is 5. The van der Waals surface area contributed by atoms with E-state index in [9.17, 15) is 14.9 Å². The third-order valence-electron chi connectivity index (χ3n) is 1.97. The Morgan fingerprint density at radius 3 is 2.81 bits per heavy atom. The fourth-order valence-electron chi connectivity index (χ4n) is 1.34. The van der Waals surface area contributed by atoms with Gasteiger partial charge in [0.15, 0.2) is 0 Å². The van der Waals surface area contributed by atoms with Crippen LogP contribution in [0.1, 0.15) is 12.5 Å². The molecule has 0 aromatic heterocycles. The van der Waals surface area contributed by atoms with E-state index in [1.165, 1.54) is 12.1 Å². The summed E-state index contributed by atoms with van der Waals surface area (Å²) in [7, 11) is 0. The molecule has 0 fully saturated rings. The lowest BCUT2D eigenvalue weighted by Crippen LogP contribution is -2.10. The lowest BCUT2D eigenvalue weighted by Gasteiger charge is -2.04. The third kappa shape index (κ3) is 2.69. The van der Waals surface area contributed by atoms with E-state index < -0.39 is 10.9 Å². The SMILES string of the molecule is CCOC(=O)Cc1cccc(N)c1[N+](=O)[O-]. The molecule has 0 amide bonds. The molecule has 16 heavy (non-hydrogen) atoms. The van der Waals surface area contributed by atoms with Crippen molar-refractivity contribution in [2.75, 3.05) is 12.3 Å². The van der Waals surface area contributed by atoms with Crippen molar-refractivity contribution in [1.29, 1.82) is 0 Å². The number of nitrogens with zero attached hydrogens (tertiary/aromatic N) is 1. The van der Waals surface area contributed by atoms with Crippen LogP contribution in [-0.2, 0) is 16.0 Å². The first-order chi connectivity index (χ1) is 7.56. The van der Waals surface area contributed by atoms with Crippen LogP contribution in [0.3, 0.4) is 0 Å². The van der Waals surface area contributed by atoms with Crippen LogP contribution in [0.4, 0.5) is 11.4 Å². The molecule has 2 N–H and O–H groups in total. The van der Waals surface area contributed by atoms with E-state index in [0.29, 0.717) is 0 Å². The van der Waals surface area contributed by atoms with Crippen LogP contribution in [0.15, 0.2) is 18.2 Å². The molecular weight excluding hydrogens is 212 g/mol. The number of nitrogen functional groups attached to an aromatic ring is 1. The topological polar surface area (TPSA) is 95.5 Å². The van der Waals surface area contributed by atoms with Gasteiger partial charge in [-0.3, -0.25) is 14.9 Å². The van der Waals surface area contributed by atoms with E-state index in [-0.39, 0.29) is 30.0 Å². The zero-order valence-corrected chi connectivity index (χ0v) is 8.80. The minimum Gasteiger partial charge on any atom is -0.466 e. The first-order valence-electron chi connectivity index (χ1n) is 4.73. The standard InChI is InChI=1S/C10H12N2O4/c1-2-16-9(13)6-7-4-3-5-8(11)10(7)12(14)15/h3-5H,2,6,11H2,1H3. The molecule has 0 aliphatic rings. The Labute approximate surface area is 92.2 Å². The van der Waals surface area contributed by atoms with Gasteiger partial charge < -0.3 is 10.5 Å². The first kappa shape index (κ1) is 12.0. The lowest BCUT2D eigenvalue weighted by atomic mass is 10.1. The van der Waals surface area contributed by atoms with Gasteiger partial charge in [0.05, 0.1) is 18.0 Å². The summed E-state index contributed by atoms with van der Waals surface area (Å²) in [4.78, 5) is 21.4. The fourth-order valence-corrected chi connectivity index (χ4v) is 1.34. The minimum absolute atomic E-state index is 0.0480. The number of esters is 1. The van der Waals surface area contributed by atoms with Crippen molar-refractivity contribution in [3.8, 4) is 0 Å². The summed E-state index contributed by atoms with van der Waals surface area (Å²) in [6.07, 6.45) is -0.144. The third-order valence-corrected chi connectivity index (χ3v) is 1.97. The molecule has 0 bridgehead atoms. The Kier molecular flexibility index (Phi) is 3.82. The van der Waals surface area contributed by atoms with Crippen molar-refractivity contribution >= 4 is 17.3 Å². The van der Waals surface area contributed by atoms with E-state index in [4.69, 9.17) is 10.5 Å². The average molecular weight is 224 g/mol. The van der Waals surface area contributed by atoms with Gasteiger partial charge in [0, 0.05) is 5.56 Å². The van der Waals surface area contributed by atoms with E-state index >= 15 is 0 Å². The maximum atomic E-state index is 11.2. The zero-order chi connectivity index (χ0) is 12.1. The van der Waals surface area contributed by atoms with Gasteiger partial charge in [-0.05, 0) is 13.0 Å². The molecule has 0 aliphatic heterocycles. The number of anilines is 1. The van der Waals surface area contributed by atoms with E-state index in [1.807, 2.05) is 0 Å².